The van der Waals surface area contributed by atoms with Gasteiger partial charge in [0, 0.05) is 31.4 Å². The van der Waals surface area contributed by atoms with E-state index >= 15 is 0 Å². The molecule has 2 heterocycles. The van der Waals surface area contributed by atoms with Gasteiger partial charge >= 0.3 is 0 Å². The van der Waals surface area contributed by atoms with Crippen LogP contribution in [0.4, 0.5) is 10.9 Å². The van der Waals surface area contributed by atoms with Gasteiger partial charge in [0.15, 0.2) is 16.6 Å². The molecular weight excluding hydrogens is 386 g/mol. The molecule has 7 heteroatoms. The second-order valence-corrected chi connectivity index (χ2v) is 7.78. The highest BCUT2D eigenvalue weighted by Gasteiger charge is 2.33. The van der Waals surface area contributed by atoms with Crippen LogP contribution >= 0.6 is 11.3 Å². The van der Waals surface area contributed by atoms with E-state index in [2.05, 4.69) is 27.8 Å². The molecule has 4 rings (SSSR count). The third-order valence-corrected chi connectivity index (χ3v) is 6.10. The van der Waals surface area contributed by atoms with Crippen molar-refractivity contribution >= 4 is 28.2 Å². The number of thiazole rings is 1. The lowest BCUT2D eigenvalue weighted by Crippen LogP contribution is -2.23. The summed E-state index contributed by atoms with van der Waals surface area (Å²) in [5.41, 5.74) is 2.16. The van der Waals surface area contributed by atoms with E-state index in [0.29, 0.717) is 30.3 Å². The molecule has 0 aliphatic carbocycles. The van der Waals surface area contributed by atoms with Crippen molar-refractivity contribution in [3.8, 4) is 11.5 Å². The molecule has 0 fully saturated rings. The average Bonchev–Trinajstić information content (AvgIpc) is 3.17. The third-order valence-electron chi connectivity index (χ3n) is 4.92. The van der Waals surface area contributed by atoms with Crippen molar-refractivity contribution in [1.82, 2.24) is 4.98 Å². The molecule has 6 nitrogen and oxygen atoms in total. The number of amides is 1. The van der Waals surface area contributed by atoms with Gasteiger partial charge in [0.05, 0.1) is 18.6 Å². The standard InChI is InChI=1S/C22H23N3O3S/c1-23-22-25-21-20(29-22)16(13-18(26)24-21)15-9-6-10-17(27-2)19(15)28-12-11-14-7-4-3-5-8-14/h3-10,16H,11-13H2,1-2H3,(H,23,25)(H,24,26)/t16-/m1/s1. The second kappa shape index (κ2) is 8.53. The number of carbonyl (C=O) groups excluding carboxylic acids is 1. The Morgan fingerprint density at radius 2 is 2.03 bits per heavy atom. The van der Waals surface area contributed by atoms with Crippen molar-refractivity contribution in [2.45, 2.75) is 18.8 Å². The Bertz CT molecular complexity index is 1000. The van der Waals surface area contributed by atoms with Crippen LogP contribution in [0.3, 0.4) is 0 Å². The Kier molecular flexibility index (Phi) is 5.67. The summed E-state index contributed by atoms with van der Waals surface area (Å²) in [5, 5.41) is 6.71. The normalized spacial score (nSPS) is 15.4. The van der Waals surface area contributed by atoms with Gasteiger partial charge in [-0.3, -0.25) is 4.79 Å². The van der Waals surface area contributed by atoms with Gasteiger partial charge in [-0.25, -0.2) is 4.98 Å². The number of carbonyl (C=O) groups is 1. The van der Waals surface area contributed by atoms with Crippen LogP contribution < -0.4 is 20.1 Å². The molecular formula is C22H23N3O3S. The minimum absolute atomic E-state index is 0.0477. The summed E-state index contributed by atoms with van der Waals surface area (Å²) in [7, 11) is 3.46. The summed E-state index contributed by atoms with van der Waals surface area (Å²) in [6, 6.07) is 16.0. The molecule has 2 N–H and O–H groups in total. The quantitative estimate of drug-likeness (QED) is 0.609. The maximum Gasteiger partial charge on any atom is 0.226 e. The summed E-state index contributed by atoms with van der Waals surface area (Å²) < 4.78 is 11.8. The lowest BCUT2D eigenvalue weighted by atomic mass is 9.90. The van der Waals surface area contributed by atoms with Gasteiger partial charge in [-0.05, 0) is 11.6 Å². The number of nitrogens with zero attached hydrogens (tertiary/aromatic N) is 1. The number of para-hydroxylation sites is 1. The van der Waals surface area contributed by atoms with Gasteiger partial charge < -0.3 is 20.1 Å². The average molecular weight is 410 g/mol. The number of hydrogen-bond acceptors (Lipinski definition) is 6. The Morgan fingerprint density at radius 1 is 1.21 bits per heavy atom. The highest BCUT2D eigenvalue weighted by molar-refractivity contribution is 7.16. The van der Waals surface area contributed by atoms with Crippen molar-refractivity contribution in [3.63, 3.8) is 0 Å². The van der Waals surface area contributed by atoms with Crippen LogP contribution in [-0.4, -0.2) is 31.7 Å². The van der Waals surface area contributed by atoms with E-state index in [1.54, 1.807) is 18.4 Å². The maximum atomic E-state index is 12.3. The lowest BCUT2D eigenvalue weighted by Gasteiger charge is -2.24. The molecule has 0 spiro atoms. The van der Waals surface area contributed by atoms with Crippen molar-refractivity contribution in [2.24, 2.45) is 0 Å². The molecule has 3 aromatic rings. The molecule has 0 unspecified atom stereocenters. The fourth-order valence-corrected chi connectivity index (χ4v) is 4.51. The Hall–Kier alpha value is -3.06. The molecule has 1 atom stereocenters. The van der Waals surface area contributed by atoms with Crippen LogP contribution in [0.25, 0.3) is 0 Å². The molecule has 1 aliphatic heterocycles. The third kappa shape index (κ3) is 4.05. The topological polar surface area (TPSA) is 72.5 Å². The molecule has 0 saturated carbocycles. The lowest BCUT2D eigenvalue weighted by molar-refractivity contribution is -0.116. The highest BCUT2D eigenvalue weighted by Crippen LogP contribution is 2.47. The van der Waals surface area contributed by atoms with E-state index in [1.165, 1.54) is 5.56 Å². The van der Waals surface area contributed by atoms with E-state index in [1.807, 2.05) is 43.4 Å². The minimum atomic E-state index is -0.125. The molecule has 2 aromatic carbocycles. The molecule has 1 amide bonds. The zero-order valence-electron chi connectivity index (χ0n) is 16.4. The first-order chi connectivity index (χ1) is 14.2. The first kappa shape index (κ1) is 19.3. The van der Waals surface area contributed by atoms with Crippen LogP contribution in [0.2, 0.25) is 0 Å². The van der Waals surface area contributed by atoms with E-state index in [4.69, 9.17) is 9.47 Å². The first-order valence-electron chi connectivity index (χ1n) is 9.51. The maximum absolute atomic E-state index is 12.3. The van der Waals surface area contributed by atoms with Crippen LogP contribution in [0.1, 0.15) is 28.3 Å². The number of ether oxygens (including phenoxy) is 2. The summed E-state index contributed by atoms with van der Waals surface area (Å²) in [4.78, 5) is 17.8. The molecule has 29 heavy (non-hydrogen) atoms. The van der Waals surface area contributed by atoms with Gasteiger partial charge in [0.2, 0.25) is 5.91 Å². The number of rotatable bonds is 7. The number of methoxy groups -OCH3 is 1. The van der Waals surface area contributed by atoms with Crippen molar-refractivity contribution in [2.75, 3.05) is 31.4 Å². The molecule has 0 bridgehead atoms. The minimum Gasteiger partial charge on any atom is -0.493 e. The van der Waals surface area contributed by atoms with Crippen LogP contribution in [0.15, 0.2) is 48.5 Å². The SMILES string of the molecule is CNc1nc2c(s1)[C@@H](c1cccc(OC)c1OCCc1ccccc1)CC(=O)N2. The molecule has 0 radical (unpaired) electrons. The van der Waals surface area contributed by atoms with Crippen LogP contribution in [0.5, 0.6) is 11.5 Å². The monoisotopic (exact) mass is 409 g/mol. The smallest absolute Gasteiger partial charge is 0.226 e. The summed E-state index contributed by atoms with van der Waals surface area (Å²) in [6.45, 7) is 0.521. The van der Waals surface area contributed by atoms with Crippen LogP contribution in [0, 0.1) is 0 Å². The van der Waals surface area contributed by atoms with Crippen molar-refractivity contribution < 1.29 is 14.3 Å². The van der Waals surface area contributed by atoms with Gasteiger partial charge in [0.25, 0.3) is 0 Å². The Labute approximate surface area is 173 Å². The summed E-state index contributed by atoms with van der Waals surface area (Å²) in [5.74, 6) is 1.81. The van der Waals surface area contributed by atoms with Crippen molar-refractivity contribution in [1.29, 1.82) is 0 Å². The molecule has 0 saturated heterocycles. The molecule has 1 aromatic heterocycles. The zero-order valence-corrected chi connectivity index (χ0v) is 17.2. The van der Waals surface area contributed by atoms with Gasteiger partial charge in [-0.2, -0.15) is 0 Å². The van der Waals surface area contributed by atoms with Gasteiger partial charge in [-0.1, -0.05) is 53.8 Å². The number of aromatic nitrogens is 1. The predicted octanol–water partition coefficient (Wildman–Crippen LogP) is 4.29. The molecule has 150 valence electrons. The van der Waals surface area contributed by atoms with Crippen molar-refractivity contribution in [3.05, 3.63) is 64.5 Å². The zero-order chi connectivity index (χ0) is 20.2. The largest absolute Gasteiger partial charge is 0.493 e. The highest BCUT2D eigenvalue weighted by atomic mass is 32.1. The van der Waals surface area contributed by atoms with E-state index in [-0.39, 0.29) is 11.8 Å². The fraction of sp³-hybridized carbons (Fsp3) is 0.273. The van der Waals surface area contributed by atoms with E-state index < -0.39 is 0 Å². The Balaban J connectivity index is 1.65. The molecule has 1 aliphatic rings. The first-order valence-corrected chi connectivity index (χ1v) is 10.3. The van der Waals surface area contributed by atoms with E-state index in [0.717, 1.165) is 22.0 Å². The number of hydrogen-bond donors (Lipinski definition) is 2. The summed E-state index contributed by atoms with van der Waals surface area (Å²) in [6.07, 6.45) is 1.14. The van der Waals surface area contributed by atoms with E-state index in [9.17, 15) is 4.79 Å². The number of nitrogens with one attached hydrogen (secondary N) is 2. The van der Waals surface area contributed by atoms with Gasteiger partial charge in [0.1, 0.15) is 5.82 Å². The summed E-state index contributed by atoms with van der Waals surface area (Å²) >= 11 is 1.55. The fourth-order valence-electron chi connectivity index (χ4n) is 3.52. The van der Waals surface area contributed by atoms with Gasteiger partial charge in [-0.15, -0.1) is 0 Å². The number of benzene rings is 2. The number of fused-ring (bicyclic) bond motifs is 1. The number of anilines is 2. The Morgan fingerprint density at radius 3 is 2.79 bits per heavy atom. The second-order valence-electron chi connectivity index (χ2n) is 6.75. The van der Waals surface area contributed by atoms with Crippen LogP contribution in [-0.2, 0) is 11.2 Å². The predicted molar refractivity (Wildman–Crippen MR) is 115 cm³/mol.